The van der Waals surface area contributed by atoms with E-state index in [-0.39, 0.29) is 0 Å². The first kappa shape index (κ1) is 11.8. The molecule has 84 valence electrons. The zero-order valence-electron chi connectivity index (χ0n) is 8.72. The van der Waals surface area contributed by atoms with Crippen LogP contribution in [0.1, 0.15) is 5.56 Å². The Bertz CT molecular complexity index is 575. The quantitative estimate of drug-likeness (QED) is 0.901. The zero-order chi connectivity index (χ0) is 12.3. The van der Waals surface area contributed by atoms with E-state index in [1.807, 2.05) is 30.3 Å². The number of halogens is 1. The first-order valence-corrected chi connectivity index (χ1v) is 5.97. The highest BCUT2D eigenvalue weighted by Crippen LogP contribution is 2.31. The molecule has 2 N–H and O–H groups in total. The van der Waals surface area contributed by atoms with Gasteiger partial charge in [-0.25, -0.2) is 4.98 Å². The Kier molecular flexibility index (Phi) is 3.52. The lowest BCUT2D eigenvalue weighted by Gasteiger charge is -2.04. The molecule has 0 fully saturated rings. The molecule has 0 atom stereocenters. The summed E-state index contributed by atoms with van der Waals surface area (Å²) in [6.07, 6.45) is 1.51. The number of nitrogens with two attached hydrogens (primary N) is 1. The Morgan fingerprint density at radius 2 is 2.00 bits per heavy atom. The Labute approximate surface area is 108 Å². The van der Waals surface area contributed by atoms with E-state index in [9.17, 15) is 0 Å². The van der Waals surface area contributed by atoms with Crippen LogP contribution < -0.4 is 5.73 Å². The maximum atomic E-state index is 8.71. The van der Waals surface area contributed by atoms with Crippen molar-refractivity contribution in [1.29, 1.82) is 5.26 Å². The largest absolute Gasteiger partial charge is 0.396 e. The van der Waals surface area contributed by atoms with Crippen LogP contribution >= 0.6 is 23.4 Å². The topological polar surface area (TPSA) is 62.7 Å². The van der Waals surface area contributed by atoms with Crippen molar-refractivity contribution >= 4 is 29.1 Å². The third-order valence-corrected chi connectivity index (χ3v) is 3.33. The van der Waals surface area contributed by atoms with E-state index in [1.165, 1.54) is 18.0 Å². The molecule has 0 saturated carbocycles. The van der Waals surface area contributed by atoms with Crippen LogP contribution in [0.4, 0.5) is 5.69 Å². The molecule has 0 unspecified atom stereocenters. The van der Waals surface area contributed by atoms with Crippen LogP contribution in [0.2, 0.25) is 5.02 Å². The fourth-order valence-corrected chi connectivity index (χ4v) is 2.13. The predicted octanol–water partition coefficient (Wildman–Crippen LogP) is 3.34. The smallest absolute Gasteiger partial charge is 0.124 e. The van der Waals surface area contributed by atoms with Gasteiger partial charge in [-0.1, -0.05) is 23.4 Å². The van der Waals surface area contributed by atoms with Crippen molar-refractivity contribution in [3.8, 4) is 6.07 Å². The molecular weight excluding hydrogens is 254 g/mol. The molecular formula is C12H8ClN3S. The molecule has 5 heteroatoms. The number of aromatic nitrogens is 1. The highest BCUT2D eigenvalue weighted by molar-refractivity contribution is 7.99. The van der Waals surface area contributed by atoms with Crippen LogP contribution in [0.25, 0.3) is 0 Å². The van der Waals surface area contributed by atoms with Crippen molar-refractivity contribution in [2.45, 2.75) is 9.92 Å². The highest BCUT2D eigenvalue weighted by atomic mass is 35.5. The van der Waals surface area contributed by atoms with Crippen LogP contribution in [0, 0.1) is 11.3 Å². The van der Waals surface area contributed by atoms with Gasteiger partial charge in [0.2, 0.25) is 0 Å². The van der Waals surface area contributed by atoms with Gasteiger partial charge >= 0.3 is 0 Å². The maximum absolute atomic E-state index is 8.71. The van der Waals surface area contributed by atoms with Gasteiger partial charge in [-0.2, -0.15) is 5.26 Å². The molecule has 1 aromatic heterocycles. The molecule has 0 saturated heterocycles. The average Bonchev–Trinajstić information content (AvgIpc) is 2.34. The second-order valence-corrected chi connectivity index (χ2v) is 4.78. The summed E-state index contributed by atoms with van der Waals surface area (Å²) in [5, 5.41) is 10.1. The van der Waals surface area contributed by atoms with E-state index in [0.29, 0.717) is 21.3 Å². The number of pyridine rings is 1. The van der Waals surface area contributed by atoms with Gasteiger partial charge in [-0.05, 0) is 30.3 Å². The van der Waals surface area contributed by atoms with E-state index in [1.54, 1.807) is 6.07 Å². The summed E-state index contributed by atoms with van der Waals surface area (Å²) in [7, 11) is 0. The number of anilines is 1. The molecule has 0 amide bonds. The standard InChI is InChI=1S/C12H8ClN3S/c13-9-1-3-10(4-2-9)17-12-11(15)5-8(6-14)7-16-12/h1-5,7H,15H2. The van der Waals surface area contributed by atoms with Crippen LogP contribution in [0.15, 0.2) is 46.5 Å². The minimum absolute atomic E-state index is 0.461. The summed E-state index contributed by atoms with van der Waals surface area (Å²) in [5.74, 6) is 0. The Morgan fingerprint density at radius 3 is 2.59 bits per heavy atom. The van der Waals surface area contributed by atoms with Gasteiger partial charge in [-0.15, -0.1) is 0 Å². The minimum Gasteiger partial charge on any atom is -0.396 e. The van der Waals surface area contributed by atoms with Gasteiger partial charge in [-0.3, -0.25) is 0 Å². The van der Waals surface area contributed by atoms with Crippen molar-refractivity contribution in [2.24, 2.45) is 0 Å². The summed E-state index contributed by atoms with van der Waals surface area (Å²) >= 11 is 7.24. The molecule has 1 aromatic carbocycles. The second-order valence-electron chi connectivity index (χ2n) is 3.29. The molecule has 0 radical (unpaired) electrons. The number of hydrogen-bond acceptors (Lipinski definition) is 4. The summed E-state index contributed by atoms with van der Waals surface area (Å²) < 4.78 is 0. The van der Waals surface area contributed by atoms with E-state index >= 15 is 0 Å². The fourth-order valence-electron chi connectivity index (χ4n) is 1.23. The lowest BCUT2D eigenvalue weighted by Crippen LogP contribution is -1.93. The van der Waals surface area contributed by atoms with Gasteiger partial charge in [0.1, 0.15) is 11.1 Å². The molecule has 0 bridgehead atoms. The second kappa shape index (κ2) is 5.09. The molecule has 0 spiro atoms. The number of hydrogen-bond donors (Lipinski definition) is 1. The molecule has 0 aliphatic heterocycles. The Balaban J connectivity index is 2.25. The van der Waals surface area contributed by atoms with Gasteiger partial charge in [0.05, 0.1) is 11.3 Å². The number of nitrogens with zero attached hydrogens (tertiary/aromatic N) is 2. The van der Waals surface area contributed by atoms with E-state index < -0.39 is 0 Å². The van der Waals surface area contributed by atoms with Crippen molar-refractivity contribution in [3.05, 3.63) is 47.1 Å². The highest BCUT2D eigenvalue weighted by Gasteiger charge is 2.04. The van der Waals surface area contributed by atoms with Crippen LogP contribution in [-0.4, -0.2) is 4.98 Å². The van der Waals surface area contributed by atoms with Gasteiger partial charge in [0.25, 0.3) is 0 Å². The molecule has 2 aromatic rings. The number of rotatable bonds is 2. The first-order chi connectivity index (χ1) is 8.19. The maximum Gasteiger partial charge on any atom is 0.124 e. The monoisotopic (exact) mass is 261 g/mol. The Hall–Kier alpha value is -1.70. The number of nitrogen functional groups attached to an aromatic ring is 1. The lowest BCUT2D eigenvalue weighted by atomic mass is 10.3. The molecule has 2 rings (SSSR count). The predicted molar refractivity (Wildman–Crippen MR) is 68.9 cm³/mol. The first-order valence-electron chi connectivity index (χ1n) is 4.78. The van der Waals surface area contributed by atoms with Crippen LogP contribution in [0.5, 0.6) is 0 Å². The fraction of sp³-hybridized carbons (Fsp3) is 0. The summed E-state index contributed by atoms with van der Waals surface area (Å²) in [5.41, 5.74) is 6.78. The van der Waals surface area contributed by atoms with E-state index in [4.69, 9.17) is 22.6 Å². The molecule has 0 aliphatic carbocycles. The third kappa shape index (κ3) is 2.90. The summed E-state index contributed by atoms with van der Waals surface area (Å²) in [4.78, 5) is 5.15. The Morgan fingerprint density at radius 1 is 1.29 bits per heavy atom. The van der Waals surface area contributed by atoms with Crippen LogP contribution in [0.3, 0.4) is 0 Å². The average molecular weight is 262 g/mol. The van der Waals surface area contributed by atoms with Gasteiger partial charge in [0, 0.05) is 16.1 Å². The van der Waals surface area contributed by atoms with Crippen LogP contribution in [-0.2, 0) is 0 Å². The SMILES string of the molecule is N#Cc1cnc(Sc2ccc(Cl)cc2)c(N)c1. The van der Waals surface area contributed by atoms with Gasteiger partial charge < -0.3 is 5.73 Å². The molecule has 0 aliphatic rings. The van der Waals surface area contributed by atoms with Gasteiger partial charge in [0.15, 0.2) is 0 Å². The zero-order valence-corrected chi connectivity index (χ0v) is 10.3. The lowest BCUT2D eigenvalue weighted by molar-refractivity contribution is 1.13. The molecule has 3 nitrogen and oxygen atoms in total. The number of benzene rings is 1. The number of nitriles is 1. The van der Waals surface area contributed by atoms with Crippen molar-refractivity contribution < 1.29 is 0 Å². The molecule has 17 heavy (non-hydrogen) atoms. The minimum atomic E-state index is 0.461. The molecule has 1 heterocycles. The summed E-state index contributed by atoms with van der Waals surface area (Å²) in [6, 6.07) is 11.0. The normalized spacial score (nSPS) is 9.88. The van der Waals surface area contributed by atoms with E-state index in [0.717, 1.165) is 4.90 Å². The van der Waals surface area contributed by atoms with Crippen molar-refractivity contribution in [1.82, 2.24) is 4.98 Å². The van der Waals surface area contributed by atoms with Crippen molar-refractivity contribution in [3.63, 3.8) is 0 Å². The van der Waals surface area contributed by atoms with Crippen molar-refractivity contribution in [2.75, 3.05) is 5.73 Å². The summed E-state index contributed by atoms with van der Waals surface area (Å²) in [6.45, 7) is 0. The third-order valence-electron chi connectivity index (χ3n) is 2.04. The van der Waals surface area contributed by atoms with E-state index in [2.05, 4.69) is 4.98 Å².